The van der Waals surface area contributed by atoms with E-state index in [4.69, 9.17) is 11.6 Å². The maximum Gasteiger partial charge on any atom is 0.389 e. The Balaban J connectivity index is 2.23. The highest BCUT2D eigenvalue weighted by Crippen LogP contribution is 2.29. The molecule has 0 aromatic heterocycles. The lowest BCUT2D eigenvalue weighted by Crippen LogP contribution is -2.48. The maximum atomic E-state index is 11.9. The molecule has 1 nitrogen and oxygen atoms in total. The normalized spacial score (nSPS) is 21.0. The molecule has 0 atom stereocenters. The van der Waals surface area contributed by atoms with Crippen LogP contribution in [0, 0.1) is 0 Å². The van der Waals surface area contributed by atoms with E-state index < -0.39 is 12.6 Å². The van der Waals surface area contributed by atoms with Gasteiger partial charge in [0.1, 0.15) is 0 Å². The van der Waals surface area contributed by atoms with Crippen LogP contribution >= 0.6 is 11.6 Å². The molecule has 0 radical (unpaired) electrons. The van der Waals surface area contributed by atoms with Gasteiger partial charge in [-0.15, -0.1) is 11.6 Å². The molecule has 1 aliphatic carbocycles. The highest BCUT2D eigenvalue weighted by molar-refractivity contribution is 6.18. The van der Waals surface area contributed by atoms with Crippen molar-refractivity contribution in [3.63, 3.8) is 0 Å². The van der Waals surface area contributed by atoms with E-state index in [2.05, 4.69) is 5.32 Å². The van der Waals surface area contributed by atoms with Gasteiger partial charge in [-0.1, -0.05) is 19.3 Å². The number of halogens is 4. The molecule has 0 saturated heterocycles. The zero-order chi connectivity index (χ0) is 12.1. The summed E-state index contributed by atoms with van der Waals surface area (Å²) < 4.78 is 35.8. The Hall–Kier alpha value is 0.0400. The number of rotatable bonds is 5. The average Bonchev–Trinajstić information content (AvgIpc) is 2.25. The van der Waals surface area contributed by atoms with E-state index >= 15 is 0 Å². The molecule has 0 bridgehead atoms. The Bertz CT molecular complexity index is 200. The third-order valence-electron chi connectivity index (χ3n) is 3.20. The average molecular weight is 258 g/mol. The van der Waals surface area contributed by atoms with Crippen LogP contribution in [0.1, 0.15) is 44.9 Å². The lowest BCUT2D eigenvalue weighted by atomic mass is 9.83. The van der Waals surface area contributed by atoms with Gasteiger partial charge < -0.3 is 5.32 Å². The van der Waals surface area contributed by atoms with Crippen molar-refractivity contribution in [1.82, 2.24) is 5.32 Å². The van der Waals surface area contributed by atoms with Crippen molar-refractivity contribution < 1.29 is 13.2 Å². The minimum absolute atomic E-state index is 0.106. The summed E-state index contributed by atoms with van der Waals surface area (Å²) in [6.45, 7) is 0.409. The van der Waals surface area contributed by atoms with Crippen LogP contribution in [-0.4, -0.2) is 24.1 Å². The van der Waals surface area contributed by atoms with Gasteiger partial charge in [0.2, 0.25) is 0 Å². The first-order chi connectivity index (χ1) is 7.47. The predicted octanol–water partition coefficient (Wildman–Crippen LogP) is 3.86. The molecule has 0 aromatic rings. The van der Waals surface area contributed by atoms with Gasteiger partial charge in [-0.3, -0.25) is 0 Å². The fourth-order valence-electron chi connectivity index (χ4n) is 2.23. The highest BCUT2D eigenvalue weighted by Gasteiger charge is 2.31. The van der Waals surface area contributed by atoms with Crippen molar-refractivity contribution in [2.45, 2.75) is 56.7 Å². The van der Waals surface area contributed by atoms with Crippen LogP contribution < -0.4 is 5.32 Å². The molecule has 0 aromatic carbocycles. The SMILES string of the molecule is FC(F)(F)CCCNC1(CCl)CCCCC1. The van der Waals surface area contributed by atoms with Crippen LogP contribution in [0.4, 0.5) is 13.2 Å². The summed E-state index contributed by atoms with van der Waals surface area (Å²) >= 11 is 5.92. The van der Waals surface area contributed by atoms with Crippen molar-refractivity contribution in [2.24, 2.45) is 0 Å². The van der Waals surface area contributed by atoms with Gasteiger partial charge in [0, 0.05) is 17.8 Å². The van der Waals surface area contributed by atoms with Gasteiger partial charge >= 0.3 is 6.18 Å². The number of hydrogen-bond acceptors (Lipinski definition) is 1. The van der Waals surface area contributed by atoms with Gasteiger partial charge in [0.15, 0.2) is 0 Å². The van der Waals surface area contributed by atoms with Gasteiger partial charge in [0.25, 0.3) is 0 Å². The van der Waals surface area contributed by atoms with Crippen molar-refractivity contribution in [1.29, 1.82) is 0 Å². The first-order valence-corrected chi connectivity index (χ1v) is 6.39. The summed E-state index contributed by atoms with van der Waals surface area (Å²) in [5, 5.41) is 3.23. The van der Waals surface area contributed by atoms with Gasteiger partial charge in [-0.05, 0) is 25.8 Å². The van der Waals surface area contributed by atoms with Crippen molar-refractivity contribution in [3.8, 4) is 0 Å². The van der Waals surface area contributed by atoms with Gasteiger partial charge in [-0.2, -0.15) is 13.2 Å². The number of alkyl halides is 4. The topological polar surface area (TPSA) is 12.0 Å². The second kappa shape index (κ2) is 6.10. The molecular weight excluding hydrogens is 239 g/mol. The molecule has 1 N–H and O–H groups in total. The molecule has 0 unspecified atom stereocenters. The summed E-state index contributed by atoms with van der Waals surface area (Å²) in [5.74, 6) is 0.499. The van der Waals surface area contributed by atoms with Crippen molar-refractivity contribution in [3.05, 3.63) is 0 Å². The number of hydrogen-bond donors (Lipinski definition) is 1. The van der Waals surface area contributed by atoms with E-state index in [0.717, 1.165) is 25.7 Å². The van der Waals surface area contributed by atoms with Crippen LogP contribution in [0.2, 0.25) is 0 Å². The highest BCUT2D eigenvalue weighted by atomic mass is 35.5. The van der Waals surface area contributed by atoms with Crippen molar-refractivity contribution in [2.75, 3.05) is 12.4 Å². The third-order valence-corrected chi connectivity index (χ3v) is 3.72. The summed E-state index contributed by atoms with van der Waals surface area (Å²) in [4.78, 5) is 0. The molecule has 5 heteroatoms. The first-order valence-electron chi connectivity index (χ1n) is 5.85. The Morgan fingerprint density at radius 1 is 1.12 bits per heavy atom. The van der Waals surface area contributed by atoms with E-state index in [9.17, 15) is 13.2 Å². The second-order valence-corrected chi connectivity index (χ2v) is 4.89. The van der Waals surface area contributed by atoms with E-state index in [0.29, 0.717) is 12.4 Å². The standard InChI is InChI=1S/C11H19ClF3N/c12-9-10(5-2-1-3-6-10)16-8-4-7-11(13,14)15/h16H,1-9H2. The van der Waals surface area contributed by atoms with Crippen LogP contribution in [0.15, 0.2) is 0 Å². The summed E-state index contributed by atoms with van der Waals surface area (Å²) in [6.07, 6.45) is 0.828. The van der Waals surface area contributed by atoms with Crippen molar-refractivity contribution >= 4 is 11.6 Å². The molecule has 0 amide bonds. The Morgan fingerprint density at radius 3 is 2.25 bits per heavy atom. The molecule has 16 heavy (non-hydrogen) atoms. The van der Waals surface area contributed by atoms with Crippen LogP contribution in [-0.2, 0) is 0 Å². The van der Waals surface area contributed by atoms with E-state index in [-0.39, 0.29) is 12.0 Å². The summed E-state index contributed by atoms with van der Waals surface area (Å²) in [6, 6.07) is 0. The lowest BCUT2D eigenvalue weighted by molar-refractivity contribution is -0.135. The molecule has 96 valence electrons. The Morgan fingerprint density at radius 2 is 1.75 bits per heavy atom. The maximum absolute atomic E-state index is 11.9. The van der Waals surface area contributed by atoms with Crippen LogP contribution in [0.3, 0.4) is 0 Å². The first kappa shape index (κ1) is 14.1. The van der Waals surface area contributed by atoms with Gasteiger partial charge in [0.05, 0.1) is 0 Å². The summed E-state index contributed by atoms with van der Waals surface area (Å²) in [5.41, 5.74) is -0.106. The zero-order valence-electron chi connectivity index (χ0n) is 9.38. The molecule has 0 heterocycles. The molecule has 1 aliphatic rings. The van der Waals surface area contributed by atoms with E-state index in [1.807, 2.05) is 0 Å². The third kappa shape index (κ3) is 4.91. The Labute approximate surface area is 99.7 Å². The van der Waals surface area contributed by atoms with Gasteiger partial charge in [-0.25, -0.2) is 0 Å². The fourth-order valence-corrected chi connectivity index (χ4v) is 2.59. The molecule has 1 fully saturated rings. The summed E-state index contributed by atoms with van der Waals surface area (Å²) in [7, 11) is 0. The minimum atomic E-state index is -4.04. The molecule has 0 spiro atoms. The molecule has 1 rings (SSSR count). The second-order valence-electron chi connectivity index (χ2n) is 4.62. The molecule has 1 saturated carbocycles. The quantitative estimate of drug-likeness (QED) is 0.583. The fraction of sp³-hybridized carbons (Fsp3) is 1.00. The zero-order valence-corrected chi connectivity index (χ0v) is 10.1. The Kier molecular flexibility index (Phi) is 5.38. The minimum Gasteiger partial charge on any atom is -0.310 e. The lowest BCUT2D eigenvalue weighted by Gasteiger charge is -2.36. The van der Waals surface area contributed by atoms with E-state index in [1.165, 1.54) is 6.42 Å². The predicted molar refractivity (Wildman–Crippen MR) is 59.8 cm³/mol. The van der Waals surface area contributed by atoms with Crippen LogP contribution in [0.25, 0.3) is 0 Å². The largest absolute Gasteiger partial charge is 0.389 e. The molecule has 0 aliphatic heterocycles. The van der Waals surface area contributed by atoms with E-state index in [1.54, 1.807) is 0 Å². The number of nitrogens with one attached hydrogen (secondary N) is 1. The smallest absolute Gasteiger partial charge is 0.310 e. The monoisotopic (exact) mass is 257 g/mol. The van der Waals surface area contributed by atoms with Crippen LogP contribution in [0.5, 0.6) is 0 Å². The molecular formula is C11H19ClF3N.